The summed E-state index contributed by atoms with van der Waals surface area (Å²) in [6.07, 6.45) is 2.95. The number of aryl methyl sites for hydroxylation is 1. The maximum absolute atomic E-state index is 11.5. The average molecular weight is 254 g/mol. The van der Waals surface area contributed by atoms with Crippen molar-refractivity contribution in [1.82, 2.24) is 4.98 Å². The van der Waals surface area contributed by atoms with Crippen LogP contribution in [0.1, 0.15) is 41.9 Å². The minimum Gasteiger partial charge on any atom is -0.465 e. The molecule has 1 aliphatic rings. The van der Waals surface area contributed by atoms with Gasteiger partial charge in [-0.3, -0.25) is 0 Å². The first kappa shape index (κ1) is 12.4. The second-order valence-corrected chi connectivity index (χ2v) is 5.62. The van der Waals surface area contributed by atoms with Gasteiger partial charge in [-0.2, -0.15) is 0 Å². The van der Waals surface area contributed by atoms with Crippen LogP contribution in [-0.4, -0.2) is 18.1 Å². The smallest absolute Gasteiger partial charge is 0.341 e. The first-order valence-electron chi connectivity index (χ1n) is 5.69. The quantitative estimate of drug-likeness (QED) is 0.570. The first-order chi connectivity index (χ1) is 7.93. The Kier molecular flexibility index (Phi) is 3.13. The number of hydrogen-bond donors (Lipinski definition) is 0. The van der Waals surface area contributed by atoms with E-state index in [4.69, 9.17) is 11.6 Å². The van der Waals surface area contributed by atoms with Crippen molar-refractivity contribution in [2.24, 2.45) is 5.41 Å². The molecule has 0 amide bonds. The largest absolute Gasteiger partial charge is 0.465 e. The minimum atomic E-state index is -0.421. The van der Waals surface area contributed by atoms with Gasteiger partial charge < -0.3 is 4.74 Å². The third-order valence-corrected chi connectivity index (χ3v) is 3.56. The van der Waals surface area contributed by atoms with Crippen molar-refractivity contribution in [3.8, 4) is 0 Å². The summed E-state index contributed by atoms with van der Waals surface area (Å²) in [6.45, 7) is 4.44. The van der Waals surface area contributed by atoms with Gasteiger partial charge in [0.1, 0.15) is 5.15 Å². The first-order valence-corrected chi connectivity index (χ1v) is 6.07. The highest BCUT2D eigenvalue weighted by molar-refractivity contribution is 6.32. The number of ether oxygens (including phenoxy) is 1. The van der Waals surface area contributed by atoms with E-state index in [1.807, 2.05) is 6.07 Å². The fourth-order valence-corrected chi connectivity index (χ4v) is 2.44. The topological polar surface area (TPSA) is 39.2 Å². The number of hydrogen-bond acceptors (Lipinski definition) is 3. The summed E-state index contributed by atoms with van der Waals surface area (Å²) in [4.78, 5) is 15.8. The SMILES string of the molecule is COC(=O)c1cc2c(nc1Cl)CC(C)(C)CC2. The number of aromatic nitrogens is 1. The number of nitrogens with zero attached hydrogens (tertiary/aromatic N) is 1. The zero-order valence-corrected chi connectivity index (χ0v) is 11.1. The fourth-order valence-electron chi connectivity index (χ4n) is 2.20. The monoisotopic (exact) mass is 253 g/mol. The predicted molar refractivity (Wildman–Crippen MR) is 66.4 cm³/mol. The van der Waals surface area contributed by atoms with Gasteiger partial charge in [0, 0.05) is 5.69 Å². The summed E-state index contributed by atoms with van der Waals surface area (Å²) in [5.41, 5.74) is 2.76. The molecule has 0 atom stereocenters. The molecular formula is C13H16ClNO2. The molecule has 0 N–H and O–H groups in total. The van der Waals surface area contributed by atoms with Crippen molar-refractivity contribution in [2.75, 3.05) is 7.11 Å². The van der Waals surface area contributed by atoms with Gasteiger partial charge in [0.2, 0.25) is 0 Å². The van der Waals surface area contributed by atoms with E-state index in [1.165, 1.54) is 7.11 Å². The van der Waals surface area contributed by atoms with Crippen LogP contribution < -0.4 is 0 Å². The molecule has 0 saturated heterocycles. The molecule has 3 nitrogen and oxygen atoms in total. The lowest BCUT2D eigenvalue weighted by Gasteiger charge is -2.30. The number of esters is 1. The van der Waals surface area contributed by atoms with E-state index >= 15 is 0 Å². The van der Waals surface area contributed by atoms with Crippen molar-refractivity contribution < 1.29 is 9.53 Å². The van der Waals surface area contributed by atoms with Gasteiger partial charge in [0.05, 0.1) is 12.7 Å². The Morgan fingerprint density at radius 2 is 2.24 bits per heavy atom. The minimum absolute atomic E-state index is 0.244. The molecule has 1 aliphatic carbocycles. The second-order valence-electron chi connectivity index (χ2n) is 5.27. The van der Waals surface area contributed by atoms with Crippen LogP contribution in [-0.2, 0) is 17.6 Å². The van der Waals surface area contributed by atoms with Crippen molar-refractivity contribution >= 4 is 17.6 Å². The van der Waals surface area contributed by atoms with Gasteiger partial charge in [0.15, 0.2) is 0 Å². The highest BCUT2D eigenvalue weighted by atomic mass is 35.5. The molecule has 1 aromatic heterocycles. The average Bonchev–Trinajstić information content (AvgIpc) is 2.26. The number of carbonyl (C=O) groups excluding carboxylic acids is 1. The van der Waals surface area contributed by atoms with Crippen LogP contribution >= 0.6 is 11.6 Å². The summed E-state index contributed by atoms with van der Waals surface area (Å²) in [5, 5.41) is 0.244. The van der Waals surface area contributed by atoms with Gasteiger partial charge in [-0.05, 0) is 36.3 Å². The zero-order chi connectivity index (χ0) is 12.6. The van der Waals surface area contributed by atoms with Crippen LogP contribution in [0.2, 0.25) is 5.15 Å². The number of methoxy groups -OCH3 is 1. The highest BCUT2D eigenvalue weighted by Gasteiger charge is 2.28. The van der Waals surface area contributed by atoms with E-state index in [-0.39, 0.29) is 10.6 Å². The van der Waals surface area contributed by atoms with Gasteiger partial charge in [-0.25, -0.2) is 9.78 Å². The normalized spacial score (nSPS) is 17.4. The number of carbonyl (C=O) groups is 1. The molecule has 0 unspecified atom stereocenters. The molecule has 92 valence electrons. The molecule has 0 bridgehead atoms. The van der Waals surface area contributed by atoms with Crippen LogP contribution in [0.15, 0.2) is 6.07 Å². The molecule has 4 heteroatoms. The molecule has 0 saturated carbocycles. The maximum Gasteiger partial charge on any atom is 0.341 e. The summed E-state index contributed by atoms with van der Waals surface area (Å²) >= 11 is 6.02. The summed E-state index contributed by atoms with van der Waals surface area (Å²) in [6, 6.07) is 1.83. The molecular weight excluding hydrogens is 238 g/mol. The third-order valence-electron chi connectivity index (χ3n) is 3.27. The fraction of sp³-hybridized carbons (Fsp3) is 0.538. The van der Waals surface area contributed by atoms with Crippen molar-refractivity contribution in [3.05, 3.63) is 28.0 Å². The number of fused-ring (bicyclic) bond motifs is 1. The number of rotatable bonds is 1. The standard InChI is InChI=1S/C13H16ClNO2/c1-13(2)5-4-8-6-9(12(16)17-3)11(14)15-10(8)7-13/h6H,4-5,7H2,1-3H3. The van der Waals surface area contributed by atoms with E-state index in [0.29, 0.717) is 5.56 Å². The zero-order valence-electron chi connectivity index (χ0n) is 10.3. The van der Waals surface area contributed by atoms with E-state index in [9.17, 15) is 4.79 Å². The molecule has 1 heterocycles. The summed E-state index contributed by atoms with van der Waals surface area (Å²) in [5.74, 6) is -0.421. The van der Waals surface area contributed by atoms with E-state index in [0.717, 1.165) is 30.5 Å². The van der Waals surface area contributed by atoms with Gasteiger partial charge in [-0.15, -0.1) is 0 Å². The highest BCUT2D eigenvalue weighted by Crippen LogP contribution is 2.35. The molecule has 0 aromatic carbocycles. The van der Waals surface area contributed by atoms with Gasteiger partial charge >= 0.3 is 5.97 Å². The van der Waals surface area contributed by atoms with E-state index in [2.05, 4.69) is 23.6 Å². The van der Waals surface area contributed by atoms with E-state index in [1.54, 1.807) is 0 Å². The van der Waals surface area contributed by atoms with Crippen LogP contribution in [0.4, 0.5) is 0 Å². The van der Waals surface area contributed by atoms with Gasteiger partial charge in [0.25, 0.3) is 0 Å². The van der Waals surface area contributed by atoms with Crippen LogP contribution in [0.5, 0.6) is 0 Å². The lowest BCUT2D eigenvalue weighted by Crippen LogP contribution is -2.24. The van der Waals surface area contributed by atoms with Crippen molar-refractivity contribution in [1.29, 1.82) is 0 Å². The molecule has 0 aliphatic heterocycles. The molecule has 1 aromatic rings. The van der Waals surface area contributed by atoms with Crippen LogP contribution in [0.3, 0.4) is 0 Å². The molecule has 17 heavy (non-hydrogen) atoms. The molecule has 0 spiro atoms. The maximum atomic E-state index is 11.5. The number of halogens is 1. The molecule has 0 fully saturated rings. The number of pyridine rings is 1. The van der Waals surface area contributed by atoms with Gasteiger partial charge in [-0.1, -0.05) is 25.4 Å². The predicted octanol–water partition coefficient (Wildman–Crippen LogP) is 3.04. The van der Waals surface area contributed by atoms with E-state index < -0.39 is 5.97 Å². The Hall–Kier alpha value is -1.09. The Morgan fingerprint density at radius 3 is 2.88 bits per heavy atom. The molecule has 0 radical (unpaired) electrons. The Bertz CT molecular complexity index is 469. The Labute approximate surface area is 106 Å². The molecule has 2 rings (SSSR count). The summed E-state index contributed by atoms with van der Waals surface area (Å²) in [7, 11) is 1.35. The second kappa shape index (κ2) is 4.30. The lowest BCUT2D eigenvalue weighted by molar-refractivity contribution is 0.0600. The lowest BCUT2D eigenvalue weighted by atomic mass is 9.76. The van der Waals surface area contributed by atoms with Crippen LogP contribution in [0.25, 0.3) is 0 Å². The summed E-state index contributed by atoms with van der Waals surface area (Å²) < 4.78 is 4.69. The van der Waals surface area contributed by atoms with Crippen LogP contribution in [0, 0.1) is 5.41 Å². The van der Waals surface area contributed by atoms with Crippen molar-refractivity contribution in [3.63, 3.8) is 0 Å². The third kappa shape index (κ3) is 2.44. The Balaban J connectivity index is 2.42. The Morgan fingerprint density at radius 1 is 1.53 bits per heavy atom. The van der Waals surface area contributed by atoms with Crippen molar-refractivity contribution in [2.45, 2.75) is 33.1 Å².